The summed E-state index contributed by atoms with van der Waals surface area (Å²) >= 11 is 0. The summed E-state index contributed by atoms with van der Waals surface area (Å²) in [7, 11) is 4.29. The number of hydrogen-bond donors (Lipinski definition) is 0. The van der Waals surface area contributed by atoms with Crippen molar-refractivity contribution in [2.75, 3.05) is 5.75 Å². The molecular formula is C27H42S2. The first-order chi connectivity index (χ1) is 14.0. The van der Waals surface area contributed by atoms with Crippen molar-refractivity contribution < 1.29 is 0 Å². The third-order valence-corrected chi connectivity index (χ3v) is 11.0. The molecule has 5 atom stereocenters. The Hall–Kier alpha value is -0.0800. The molecule has 0 spiro atoms. The second-order valence-electron chi connectivity index (χ2n) is 11.0. The topological polar surface area (TPSA) is 0 Å². The molecule has 0 radical (unpaired) electrons. The van der Waals surface area contributed by atoms with E-state index in [9.17, 15) is 0 Å². The summed E-state index contributed by atoms with van der Waals surface area (Å²) in [4.78, 5) is 0. The zero-order valence-corrected chi connectivity index (χ0v) is 20.8. The number of allylic oxidation sites excluding steroid dienone is 3. The molecule has 162 valence electrons. The summed E-state index contributed by atoms with van der Waals surface area (Å²) in [5.74, 6) is 4.73. The van der Waals surface area contributed by atoms with Gasteiger partial charge in [-0.2, -0.15) is 0 Å². The number of rotatable bonds is 5. The predicted molar refractivity (Wildman–Crippen MR) is 133 cm³/mol. The van der Waals surface area contributed by atoms with Gasteiger partial charge < -0.3 is 0 Å². The number of hydrogen-bond acceptors (Lipinski definition) is 2. The molecule has 1 aliphatic heterocycles. The maximum atomic E-state index is 2.78. The van der Waals surface area contributed by atoms with E-state index in [1.165, 1.54) is 70.0 Å². The summed E-state index contributed by atoms with van der Waals surface area (Å²) in [5, 5.41) is 0.675. The van der Waals surface area contributed by atoms with Gasteiger partial charge in [0.1, 0.15) is 0 Å². The SMILES string of the molecule is CC(C)C/C=C/CC1CCC2/C(=C/C3SSCC4=C3C[C@@H](C)CC4)CCC[C@]12C. The smallest absolute Gasteiger partial charge is 0.0546 e. The highest BCUT2D eigenvalue weighted by Gasteiger charge is 2.48. The van der Waals surface area contributed by atoms with E-state index in [4.69, 9.17) is 0 Å². The van der Waals surface area contributed by atoms with Crippen LogP contribution in [-0.2, 0) is 0 Å². The Morgan fingerprint density at radius 3 is 2.83 bits per heavy atom. The fourth-order valence-corrected chi connectivity index (χ4v) is 9.49. The van der Waals surface area contributed by atoms with E-state index in [1.54, 1.807) is 0 Å². The maximum absolute atomic E-state index is 2.78. The summed E-state index contributed by atoms with van der Waals surface area (Å²) in [5.41, 5.74) is 6.04. The molecule has 3 unspecified atom stereocenters. The molecule has 0 N–H and O–H groups in total. The van der Waals surface area contributed by atoms with E-state index in [0.717, 1.165) is 23.7 Å². The van der Waals surface area contributed by atoms with Gasteiger partial charge in [0, 0.05) is 5.75 Å². The molecule has 2 heteroatoms. The highest BCUT2D eigenvalue weighted by atomic mass is 33.1. The van der Waals surface area contributed by atoms with Gasteiger partial charge in [-0.1, -0.05) is 84.2 Å². The maximum Gasteiger partial charge on any atom is 0.0546 e. The molecule has 0 amide bonds. The van der Waals surface area contributed by atoms with Crippen molar-refractivity contribution in [3.8, 4) is 0 Å². The van der Waals surface area contributed by atoms with E-state index in [-0.39, 0.29) is 0 Å². The first-order valence-corrected chi connectivity index (χ1v) is 14.7. The van der Waals surface area contributed by atoms with Gasteiger partial charge in [0.2, 0.25) is 0 Å². The monoisotopic (exact) mass is 430 g/mol. The first kappa shape index (κ1) is 22.1. The zero-order valence-electron chi connectivity index (χ0n) is 19.2. The van der Waals surface area contributed by atoms with E-state index in [2.05, 4.69) is 67.5 Å². The molecule has 3 aliphatic carbocycles. The standard InChI is InChI=1S/C27H42S2/c1-19(2)8-5-6-10-23-13-14-25-21(9-7-15-27(23,25)4)17-26-24-16-20(3)11-12-22(24)18-28-29-26/h5-6,17,19-20,23,25-26H,7-16,18H2,1-4H3/b6-5+,21-17+/t20-,23?,25?,26?,27+/m0/s1. The van der Waals surface area contributed by atoms with E-state index < -0.39 is 0 Å². The fraction of sp³-hybridized carbons (Fsp3) is 0.778. The highest BCUT2D eigenvalue weighted by Crippen LogP contribution is 2.59. The zero-order chi connectivity index (χ0) is 20.4. The second kappa shape index (κ2) is 9.60. The van der Waals surface area contributed by atoms with Gasteiger partial charge in [0.25, 0.3) is 0 Å². The van der Waals surface area contributed by atoms with Crippen molar-refractivity contribution in [1.29, 1.82) is 0 Å². The van der Waals surface area contributed by atoms with E-state index >= 15 is 0 Å². The molecule has 0 bridgehead atoms. The molecular weight excluding hydrogens is 388 g/mol. The van der Waals surface area contributed by atoms with Crippen LogP contribution in [0.25, 0.3) is 0 Å². The van der Waals surface area contributed by atoms with Gasteiger partial charge in [0.05, 0.1) is 5.25 Å². The predicted octanol–water partition coefficient (Wildman–Crippen LogP) is 9.00. The molecule has 2 fully saturated rings. The van der Waals surface area contributed by atoms with Crippen molar-refractivity contribution >= 4 is 21.6 Å². The van der Waals surface area contributed by atoms with E-state index in [1.807, 2.05) is 16.7 Å². The molecule has 1 heterocycles. The second-order valence-corrected chi connectivity index (χ2v) is 13.5. The molecule has 4 aliphatic rings. The minimum atomic E-state index is 0.551. The van der Waals surface area contributed by atoms with Crippen molar-refractivity contribution in [3.05, 3.63) is 34.9 Å². The third-order valence-electron chi connectivity index (χ3n) is 8.43. The van der Waals surface area contributed by atoms with Crippen LogP contribution in [0.15, 0.2) is 34.9 Å². The fourth-order valence-electron chi connectivity index (χ4n) is 6.61. The molecule has 0 nitrogen and oxygen atoms in total. The summed E-state index contributed by atoms with van der Waals surface area (Å²) in [6.45, 7) is 9.76. The highest BCUT2D eigenvalue weighted by molar-refractivity contribution is 8.77. The minimum Gasteiger partial charge on any atom is -0.0888 e. The molecule has 4 rings (SSSR count). The number of fused-ring (bicyclic) bond motifs is 1. The molecule has 0 aromatic carbocycles. The Kier molecular flexibility index (Phi) is 7.32. The van der Waals surface area contributed by atoms with Gasteiger partial charge in [-0.3, -0.25) is 0 Å². The van der Waals surface area contributed by atoms with E-state index in [0.29, 0.717) is 10.7 Å². The Bertz CT molecular complexity index is 670. The van der Waals surface area contributed by atoms with Gasteiger partial charge >= 0.3 is 0 Å². The molecule has 2 saturated carbocycles. The van der Waals surface area contributed by atoms with Crippen LogP contribution in [0, 0.1) is 29.1 Å². The Labute approximate surface area is 188 Å². The van der Waals surface area contributed by atoms with Crippen LogP contribution in [-0.4, -0.2) is 11.0 Å². The lowest BCUT2D eigenvalue weighted by atomic mass is 9.62. The molecule has 29 heavy (non-hydrogen) atoms. The Morgan fingerprint density at radius 1 is 1.14 bits per heavy atom. The molecule has 0 aromatic rings. The summed E-state index contributed by atoms with van der Waals surface area (Å²) < 4.78 is 0. The van der Waals surface area contributed by atoms with Crippen molar-refractivity contribution in [1.82, 2.24) is 0 Å². The lowest BCUT2D eigenvalue weighted by molar-refractivity contribution is 0.137. The van der Waals surface area contributed by atoms with Crippen LogP contribution in [0.2, 0.25) is 0 Å². The van der Waals surface area contributed by atoms with Crippen LogP contribution in [0.4, 0.5) is 0 Å². The van der Waals surface area contributed by atoms with Gasteiger partial charge in [0.15, 0.2) is 0 Å². The van der Waals surface area contributed by atoms with Gasteiger partial charge in [-0.25, -0.2) is 0 Å². The van der Waals surface area contributed by atoms with Crippen LogP contribution < -0.4 is 0 Å². The Balaban J connectivity index is 1.49. The van der Waals surface area contributed by atoms with Crippen molar-refractivity contribution in [3.63, 3.8) is 0 Å². The lowest BCUT2D eigenvalue weighted by Gasteiger charge is -2.43. The normalized spacial score (nSPS) is 39.4. The Morgan fingerprint density at radius 2 is 2.00 bits per heavy atom. The average molecular weight is 431 g/mol. The van der Waals surface area contributed by atoms with Gasteiger partial charge in [-0.15, -0.1) is 0 Å². The summed E-state index contributed by atoms with van der Waals surface area (Å²) in [6, 6.07) is 0. The summed E-state index contributed by atoms with van der Waals surface area (Å²) in [6.07, 6.45) is 21.6. The average Bonchev–Trinajstić information content (AvgIpc) is 3.03. The van der Waals surface area contributed by atoms with Crippen LogP contribution in [0.5, 0.6) is 0 Å². The van der Waals surface area contributed by atoms with Crippen molar-refractivity contribution in [2.45, 2.75) is 97.2 Å². The van der Waals surface area contributed by atoms with Crippen LogP contribution in [0.3, 0.4) is 0 Å². The van der Waals surface area contributed by atoms with Crippen LogP contribution in [0.1, 0.15) is 91.9 Å². The lowest BCUT2D eigenvalue weighted by Crippen LogP contribution is -2.33. The van der Waals surface area contributed by atoms with Crippen LogP contribution >= 0.6 is 21.6 Å². The quantitative estimate of drug-likeness (QED) is 0.315. The van der Waals surface area contributed by atoms with Crippen molar-refractivity contribution in [2.24, 2.45) is 29.1 Å². The molecule has 0 saturated heterocycles. The first-order valence-electron chi connectivity index (χ1n) is 12.3. The minimum absolute atomic E-state index is 0.551. The molecule has 0 aromatic heterocycles. The van der Waals surface area contributed by atoms with Gasteiger partial charge in [-0.05, 0) is 93.3 Å². The largest absolute Gasteiger partial charge is 0.0888 e. The third kappa shape index (κ3) is 4.89.